The van der Waals surface area contributed by atoms with E-state index in [1.54, 1.807) is 35.6 Å². The van der Waals surface area contributed by atoms with Crippen molar-refractivity contribution in [3.05, 3.63) is 52.2 Å². The van der Waals surface area contributed by atoms with Crippen LogP contribution < -0.4 is 10.6 Å². The summed E-state index contributed by atoms with van der Waals surface area (Å²) in [6, 6.07) is 10.9. The Morgan fingerprint density at radius 1 is 1.27 bits per heavy atom. The van der Waals surface area contributed by atoms with E-state index < -0.39 is 5.97 Å². The number of aliphatic carboxylic acids is 1. The number of hydrogen-bond acceptors (Lipinski definition) is 4. The number of thiophene rings is 1. The van der Waals surface area contributed by atoms with Gasteiger partial charge in [0, 0.05) is 28.6 Å². The lowest BCUT2D eigenvalue weighted by atomic mass is 10.1. The van der Waals surface area contributed by atoms with E-state index in [2.05, 4.69) is 10.6 Å². The third kappa shape index (κ3) is 4.89. The van der Waals surface area contributed by atoms with Crippen molar-refractivity contribution < 1.29 is 14.7 Å². The van der Waals surface area contributed by atoms with E-state index in [9.17, 15) is 9.59 Å². The van der Waals surface area contributed by atoms with Crippen LogP contribution in [-0.4, -0.2) is 29.6 Å². The van der Waals surface area contributed by atoms with Gasteiger partial charge in [-0.15, -0.1) is 11.3 Å². The van der Waals surface area contributed by atoms with Crippen molar-refractivity contribution >= 4 is 28.9 Å². The summed E-state index contributed by atoms with van der Waals surface area (Å²) >= 11 is 1.67. The quantitative estimate of drug-likeness (QED) is 0.733. The highest BCUT2D eigenvalue weighted by Crippen LogP contribution is 2.13. The normalized spacial score (nSPS) is 11.7. The molecule has 0 aliphatic carbocycles. The van der Waals surface area contributed by atoms with Crippen LogP contribution in [0.5, 0.6) is 0 Å². The second-order valence-corrected chi connectivity index (χ2v) is 6.02. The first-order valence-corrected chi connectivity index (χ1v) is 7.81. The van der Waals surface area contributed by atoms with Crippen LogP contribution in [-0.2, 0) is 11.2 Å². The van der Waals surface area contributed by atoms with Crippen molar-refractivity contribution in [3.8, 4) is 0 Å². The lowest BCUT2D eigenvalue weighted by molar-refractivity contribution is -0.134. The Bertz CT molecular complexity index is 641. The summed E-state index contributed by atoms with van der Waals surface area (Å²) in [5, 5.41) is 16.4. The maximum absolute atomic E-state index is 12.2. The molecular formula is C16H18N2O3S. The first kappa shape index (κ1) is 16.0. The molecule has 6 heteroatoms. The first-order chi connectivity index (χ1) is 10.5. The highest BCUT2D eigenvalue weighted by Gasteiger charge is 2.11. The minimum atomic E-state index is -0.945. The smallest absolute Gasteiger partial charge is 0.322 e. The highest BCUT2D eigenvalue weighted by molar-refractivity contribution is 7.09. The van der Waals surface area contributed by atoms with Crippen LogP contribution in [0.25, 0.3) is 0 Å². The largest absolute Gasteiger partial charge is 0.480 e. The summed E-state index contributed by atoms with van der Waals surface area (Å²) in [4.78, 5) is 24.0. The fourth-order valence-corrected chi connectivity index (χ4v) is 2.87. The van der Waals surface area contributed by atoms with Gasteiger partial charge in [0.25, 0.3) is 5.91 Å². The van der Waals surface area contributed by atoms with Crippen molar-refractivity contribution in [2.24, 2.45) is 0 Å². The Balaban J connectivity index is 1.94. The molecule has 22 heavy (non-hydrogen) atoms. The average Bonchev–Trinajstić information content (AvgIpc) is 2.98. The van der Waals surface area contributed by atoms with E-state index >= 15 is 0 Å². The molecule has 2 rings (SSSR count). The minimum absolute atomic E-state index is 0.0294. The summed E-state index contributed by atoms with van der Waals surface area (Å²) in [6.07, 6.45) is 0.792. The van der Waals surface area contributed by atoms with E-state index in [1.807, 2.05) is 24.4 Å². The second-order valence-electron chi connectivity index (χ2n) is 4.99. The summed E-state index contributed by atoms with van der Waals surface area (Å²) < 4.78 is 0. The van der Waals surface area contributed by atoms with Crippen molar-refractivity contribution in [1.29, 1.82) is 0 Å². The van der Waals surface area contributed by atoms with E-state index in [4.69, 9.17) is 5.11 Å². The molecule has 0 bridgehead atoms. The first-order valence-electron chi connectivity index (χ1n) is 6.93. The Morgan fingerprint density at radius 3 is 2.77 bits per heavy atom. The molecule has 0 radical (unpaired) electrons. The third-order valence-corrected chi connectivity index (χ3v) is 3.93. The molecule has 1 aromatic carbocycles. The van der Waals surface area contributed by atoms with Crippen LogP contribution in [0.4, 0.5) is 5.69 Å². The van der Waals surface area contributed by atoms with Crippen molar-refractivity contribution in [2.45, 2.75) is 19.4 Å². The zero-order valence-corrected chi connectivity index (χ0v) is 13.0. The molecule has 3 N–H and O–H groups in total. The van der Waals surface area contributed by atoms with Gasteiger partial charge >= 0.3 is 5.97 Å². The maximum atomic E-state index is 12.2. The predicted molar refractivity (Wildman–Crippen MR) is 87.5 cm³/mol. The Labute approximate surface area is 133 Å². The van der Waals surface area contributed by atoms with Crippen molar-refractivity contribution in [3.63, 3.8) is 0 Å². The van der Waals surface area contributed by atoms with Gasteiger partial charge in [-0.05, 0) is 36.6 Å². The molecule has 0 unspecified atom stereocenters. The molecular weight excluding hydrogens is 300 g/mol. The Kier molecular flexibility index (Phi) is 5.55. The number of benzene rings is 1. The standard InChI is InChI=1S/C16H18N2O3S/c1-11(8-14-6-3-7-22-14)18-16(21)12-4-2-5-13(9-12)17-10-15(19)20/h2-7,9,11,17H,8,10H2,1H3,(H,18,21)(H,19,20)/t11-/m0/s1. The molecule has 1 aromatic heterocycles. The van der Waals surface area contributed by atoms with Gasteiger partial charge in [-0.25, -0.2) is 0 Å². The monoisotopic (exact) mass is 318 g/mol. The number of carboxylic acid groups (broad SMARTS) is 1. The molecule has 0 saturated heterocycles. The van der Waals surface area contributed by atoms with Gasteiger partial charge in [0.05, 0.1) is 0 Å². The zero-order valence-electron chi connectivity index (χ0n) is 12.2. The Morgan fingerprint density at radius 2 is 2.09 bits per heavy atom. The topological polar surface area (TPSA) is 78.4 Å². The second kappa shape index (κ2) is 7.61. The third-order valence-electron chi connectivity index (χ3n) is 3.03. The van der Waals surface area contributed by atoms with Gasteiger partial charge in [-0.2, -0.15) is 0 Å². The van der Waals surface area contributed by atoms with Crippen LogP contribution in [0.15, 0.2) is 41.8 Å². The summed E-state index contributed by atoms with van der Waals surface area (Å²) in [5.41, 5.74) is 1.12. The van der Waals surface area contributed by atoms with Crippen molar-refractivity contribution in [2.75, 3.05) is 11.9 Å². The van der Waals surface area contributed by atoms with Gasteiger partial charge in [-0.1, -0.05) is 12.1 Å². The average molecular weight is 318 g/mol. The molecule has 0 saturated carbocycles. The van der Waals surface area contributed by atoms with Crippen LogP contribution >= 0.6 is 11.3 Å². The number of carboxylic acids is 1. The molecule has 0 aliphatic heterocycles. The number of carbonyl (C=O) groups excluding carboxylic acids is 1. The maximum Gasteiger partial charge on any atom is 0.322 e. The van der Waals surface area contributed by atoms with Gasteiger partial charge in [0.2, 0.25) is 0 Å². The summed E-state index contributed by atoms with van der Waals surface area (Å²) in [6.45, 7) is 1.78. The number of nitrogens with one attached hydrogen (secondary N) is 2. The molecule has 116 valence electrons. The minimum Gasteiger partial charge on any atom is -0.480 e. The van der Waals surface area contributed by atoms with Gasteiger partial charge in [0.15, 0.2) is 0 Å². The van der Waals surface area contributed by atoms with E-state index in [-0.39, 0.29) is 18.5 Å². The summed E-state index contributed by atoms with van der Waals surface area (Å²) in [7, 11) is 0. The lowest BCUT2D eigenvalue weighted by Gasteiger charge is -2.13. The molecule has 0 fully saturated rings. The SMILES string of the molecule is C[C@@H](Cc1cccs1)NC(=O)c1cccc(NCC(=O)O)c1. The molecule has 2 aromatic rings. The van der Waals surface area contributed by atoms with Crippen LogP contribution in [0.1, 0.15) is 22.2 Å². The zero-order chi connectivity index (χ0) is 15.9. The van der Waals surface area contributed by atoms with Crippen LogP contribution in [0.2, 0.25) is 0 Å². The number of anilines is 1. The van der Waals surface area contributed by atoms with Crippen LogP contribution in [0, 0.1) is 0 Å². The fraction of sp³-hybridized carbons (Fsp3) is 0.250. The van der Waals surface area contributed by atoms with Crippen molar-refractivity contribution in [1.82, 2.24) is 5.32 Å². The van der Waals surface area contributed by atoms with E-state index in [0.29, 0.717) is 11.3 Å². The predicted octanol–water partition coefficient (Wildman–Crippen LogP) is 2.61. The summed E-state index contributed by atoms with van der Waals surface area (Å²) in [5.74, 6) is -1.11. The molecule has 0 aliphatic rings. The van der Waals surface area contributed by atoms with Gasteiger partial charge in [0.1, 0.15) is 6.54 Å². The molecule has 0 spiro atoms. The molecule has 5 nitrogen and oxygen atoms in total. The van der Waals surface area contributed by atoms with E-state index in [0.717, 1.165) is 6.42 Å². The lowest BCUT2D eigenvalue weighted by Crippen LogP contribution is -2.33. The van der Waals surface area contributed by atoms with Crippen LogP contribution in [0.3, 0.4) is 0 Å². The fourth-order valence-electron chi connectivity index (χ4n) is 2.04. The van der Waals surface area contributed by atoms with Gasteiger partial charge in [-0.3, -0.25) is 9.59 Å². The molecule has 1 heterocycles. The Hall–Kier alpha value is -2.34. The molecule has 1 atom stereocenters. The number of amides is 1. The molecule has 1 amide bonds. The van der Waals surface area contributed by atoms with E-state index in [1.165, 1.54) is 4.88 Å². The van der Waals surface area contributed by atoms with Gasteiger partial charge < -0.3 is 15.7 Å². The number of rotatable bonds is 7. The highest BCUT2D eigenvalue weighted by atomic mass is 32.1. The number of hydrogen-bond donors (Lipinski definition) is 3. The number of carbonyl (C=O) groups is 2.